The molecule has 1 unspecified atom stereocenters. The van der Waals surface area contributed by atoms with Crippen molar-refractivity contribution in [2.45, 2.75) is 5.92 Å². The second-order valence-corrected chi connectivity index (χ2v) is 3.27. The molecule has 0 saturated carbocycles. The fourth-order valence-electron chi connectivity index (χ4n) is 1.28. The summed E-state index contributed by atoms with van der Waals surface area (Å²) in [6.45, 7) is -0.511. The molecule has 0 fully saturated rings. The normalized spacial score (nSPS) is 11.6. The molecule has 0 aliphatic carbocycles. The first-order valence-corrected chi connectivity index (χ1v) is 4.80. The van der Waals surface area contributed by atoms with Crippen LogP contribution >= 0.6 is 0 Å². The number of rotatable bonds is 3. The van der Waals surface area contributed by atoms with Gasteiger partial charge in [-0.2, -0.15) is 0 Å². The van der Waals surface area contributed by atoms with Gasteiger partial charge < -0.3 is 10.2 Å². The fourth-order valence-corrected chi connectivity index (χ4v) is 1.28. The van der Waals surface area contributed by atoms with Crippen molar-refractivity contribution in [1.82, 2.24) is 5.32 Å². The number of carboxylic acids is 1. The Labute approximate surface area is 96.9 Å². The molecule has 90 valence electrons. The molecule has 1 atom stereocenters. The predicted octanol–water partition coefficient (Wildman–Crippen LogP) is -0.510. The van der Waals surface area contributed by atoms with Crippen molar-refractivity contribution in [1.29, 1.82) is 0 Å². The van der Waals surface area contributed by atoms with Gasteiger partial charge in [0.05, 0.1) is 12.5 Å². The van der Waals surface area contributed by atoms with Crippen LogP contribution in [0.1, 0.15) is 11.5 Å². The van der Waals surface area contributed by atoms with Crippen LogP contribution in [-0.4, -0.2) is 34.6 Å². The Balaban J connectivity index is 2.79. The van der Waals surface area contributed by atoms with Gasteiger partial charge in [0.15, 0.2) is 0 Å². The number of carboxylic acid groups (broad SMARTS) is 1. The Bertz CT molecular complexity index is 429. The van der Waals surface area contributed by atoms with Gasteiger partial charge in [-0.25, -0.2) is 4.79 Å². The lowest BCUT2D eigenvalue weighted by Crippen LogP contribution is -2.39. The summed E-state index contributed by atoms with van der Waals surface area (Å²) in [5.74, 6) is -4.96. The molecule has 0 aliphatic rings. The lowest BCUT2D eigenvalue weighted by atomic mass is 9.99. The third-order valence-electron chi connectivity index (χ3n) is 2.13. The standard InChI is InChI=1S/C11H11NO5/c13-6-8(7-4-2-1-3-5-7)9(14)12-10(15)11(16)17/h1-5,8,13H,6H2,(H,16,17)(H,12,14,15). The van der Waals surface area contributed by atoms with E-state index in [-0.39, 0.29) is 0 Å². The smallest absolute Gasteiger partial charge is 0.394 e. The zero-order valence-corrected chi connectivity index (χ0v) is 8.79. The third-order valence-corrected chi connectivity index (χ3v) is 2.13. The zero-order chi connectivity index (χ0) is 12.8. The second-order valence-electron chi connectivity index (χ2n) is 3.27. The van der Waals surface area contributed by atoms with Crippen LogP contribution in [0.3, 0.4) is 0 Å². The summed E-state index contributed by atoms with van der Waals surface area (Å²) in [7, 11) is 0. The summed E-state index contributed by atoms with van der Waals surface area (Å²) < 4.78 is 0. The molecule has 1 aromatic rings. The first-order chi connectivity index (χ1) is 8.06. The monoisotopic (exact) mass is 237 g/mol. The van der Waals surface area contributed by atoms with Crippen LogP contribution in [0.15, 0.2) is 30.3 Å². The van der Waals surface area contributed by atoms with Crippen LogP contribution in [0.4, 0.5) is 0 Å². The van der Waals surface area contributed by atoms with E-state index in [0.717, 1.165) is 0 Å². The lowest BCUT2D eigenvalue weighted by molar-refractivity contribution is -0.152. The maximum absolute atomic E-state index is 11.5. The predicted molar refractivity (Wildman–Crippen MR) is 57.1 cm³/mol. The fraction of sp³-hybridized carbons (Fsp3) is 0.182. The van der Waals surface area contributed by atoms with Gasteiger partial charge in [0, 0.05) is 0 Å². The van der Waals surface area contributed by atoms with Crippen molar-refractivity contribution in [2.24, 2.45) is 0 Å². The van der Waals surface area contributed by atoms with Gasteiger partial charge in [0.25, 0.3) is 0 Å². The van der Waals surface area contributed by atoms with Gasteiger partial charge in [0.1, 0.15) is 0 Å². The molecular formula is C11H11NO5. The molecule has 3 N–H and O–H groups in total. The topological polar surface area (TPSA) is 104 Å². The Morgan fingerprint density at radius 2 is 1.76 bits per heavy atom. The minimum absolute atomic E-state index is 0.505. The van der Waals surface area contributed by atoms with Gasteiger partial charge in [-0.1, -0.05) is 30.3 Å². The number of hydrogen-bond donors (Lipinski definition) is 3. The van der Waals surface area contributed by atoms with Gasteiger partial charge >= 0.3 is 11.9 Å². The summed E-state index contributed by atoms with van der Waals surface area (Å²) >= 11 is 0. The lowest BCUT2D eigenvalue weighted by Gasteiger charge is -2.12. The highest BCUT2D eigenvalue weighted by atomic mass is 16.4. The Hall–Kier alpha value is -2.21. The number of nitrogens with one attached hydrogen (secondary N) is 1. The summed E-state index contributed by atoms with van der Waals surface area (Å²) in [5.41, 5.74) is 0.505. The highest BCUT2D eigenvalue weighted by molar-refractivity contribution is 6.34. The number of hydrogen-bond acceptors (Lipinski definition) is 4. The quantitative estimate of drug-likeness (QED) is 0.614. The average Bonchev–Trinajstić information content (AvgIpc) is 2.31. The molecule has 1 aromatic carbocycles. The highest BCUT2D eigenvalue weighted by Crippen LogP contribution is 2.14. The summed E-state index contributed by atoms with van der Waals surface area (Å²) in [6.07, 6.45) is 0. The molecule has 0 spiro atoms. The van der Waals surface area contributed by atoms with Crippen molar-refractivity contribution in [3.05, 3.63) is 35.9 Å². The highest BCUT2D eigenvalue weighted by Gasteiger charge is 2.23. The molecule has 17 heavy (non-hydrogen) atoms. The van der Waals surface area contributed by atoms with Crippen molar-refractivity contribution in [3.63, 3.8) is 0 Å². The number of aliphatic hydroxyl groups excluding tert-OH is 1. The summed E-state index contributed by atoms with van der Waals surface area (Å²) in [4.78, 5) is 32.6. The van der Waals surface area contributed by atoms with Crippen LogP contribution in [0, 0.1) is 0 Å². The van der Waals surface area contributed by atoms with E-state index in [1.165, 1.54) is 0 Å². The number of aliphatic hydroxyl groups is 1. The van der Waals surface area contributed by atoms with E-state index in [1.807, 2.05) is 0 Å². The molecule has 2 amide bonds. The Morgan fingerprint density at radius 1 is 1.18 bits per heavy atom. The Morgan fingerprint density at radius 3 is 2.24 bits per heavy atom. The van der Waals surface area contributed by atoms with Gasteiger partial charge in [0.2, 0.25) is 5.91 Å². The molecule has 1 rings (SSSR count). The number of amides is 2. The Kier molecular flexibility index (Phi) is 4.36. The third kappa shape index (κ3) is 3.39. The molecule has 0 aromatic heterocycles. The maximum Gasteiger partial charge on any atom is 0.394 e. The molecule has 6 heteroatoms. The molecule has 0 saturated heterocycles. The van der Waals surface area contributed by atoms with E-state index < -0.39 is 30.3 Å². The molecule has 0 aliphatic heterocycles. The van der Waals surface area contributed by atoms with E-state index in [4.69, 9.17) is 10.2 Å². The zero-order valence-electron chi connectivity index (χ0n) is 8.79. The SMILES string of the molecule is O=C(O)C(=O)NC(=O)C(CO)c1ccccc1. The van der Waals surface area contributed by atoms with Crippen LogP contribution in [-0.2, 0) is 14.4 Å². The largest absolute Gasteiger partial charge is 0.474 e. The molecule has 6 nitrogen and oxygen atoms in total. The number of carbonyl (C=O) groups is 3. The van der Waals surface area contributed by atoms with E-state index in [2.05, 4.69) is 0 Å². The van der Waals surface area contributed by atoms with E-state index in [9.17, 15) is 14.4 Å². The van der Waals surface area contributed by atoms with Gasteiger partial charge in [-0.05, 0) is 5.56 Å². The molecule has 0 radical (unpaired) electrons. The van der Waals surface area contributed by atoms with Crippen LogP contribution < -0.4 is 5.32 Å². The molecule has 0 heterocycles. The molecular weight excluding hydrogens is 226 g/mol. The van der Waals surface area contributed by atoms with Crippen LogP contribution in [0.25, 0.3) is 0 Å². The number of aliphatic carboxylic acids is 1. The minimum Gasteiger partial charge on any atom is -0.474 e. The van der Waals surface area contributed by atoms with Gasteiger partial charge in [-0.3, -0.25) is 14.9 Å². The minimum atomic E-state index is -1.75. The van der Waals surface area contributed by atoms with Crippen molar-refractivity contribution < 1.29 is 24.6 Å². The number of carbonyl (C=O) groups excluding carboxylic acids is 2. The van der Waals surface area contributed by atoms with E-state index >= 15 is 0 Å². The molecule has 0 bridgehead atoms. The second kappa shape index (κ2) is 5.76. The van der Waals surface area contributed by atoms with Crippen LogP contribution in [0.2, 0.25) is 0 Å². The first-order valence-electron chi connectivity index (χ1n) is 4.80. The first kappa shape index (κ1) is 12.9. The van der Waals surface area contributed by atoms with Gasteiger partial charge in [-0.15, -0.1) is 0 Å². The van der Waals surface area contributed by atoms with Crippen LogP contribution in [0.5, 0.6) is 0 Å². The van der Waals surface area contributed by atoms with Crippen molar-refractivity contribution >= 4 is 17.8 Å². The summed E-state index contributed by atoms with van der Waals surface area (Å²) in [5, 5.41) is 19.1. The number of imide groups is 1. The average molecular weight is 237 g/mol. The summed E-state index contributed by atoms with van der Waals surface area (Å²) in [6, 6.07) is 8.28. The van der Waals surface area contributed by atoms with Crippen molar-refractivity contribution in [2.75, 3.05) is 6.61 Å². The van der Waals surface area contributed by atoms with E-state index in [0.29, 0.717) is 5.56 Å². The van der Waals surface area contributed by atoms with E-state index in [1.54, 1.807) is 35.6 Å². The van der Waals surface area contributed by atoms with Crippen molar-refractivity contribution in [3.8, 4) is 0 Å². The number of benzene rings is 1. The maximum atomic E-state index is 11.5.